The summed E-state index contributed by atoms with van der Waals surface area (Å²) in [5.74, 6) is 0.356. The number of carbonyl (C=O) groups is 1. The second kappa shape index (κ2) is 4.85. The molecule has 0 saturated heterocycles. The third-order valence-electron chi connectivity index (χ3n) is 3.38. The molecule has 0 aliphatic carbocycles. The largest absolute Gasteiger partial charge is 0.361 e. The molecule has 98 valence electrons. The van der Waals surface area contributed by atoms with Crippen LogP contribution in [0, 0.1) is 6.92 Å². The summed E-state index contributed by atoms with van der Waals surface area (Å²) in [6.45, 7) is 3.52. The number of fused-ring (bicyclic) bond motifs is 1. The molecule has 1 aliphatic heterocycles. The van der Waals surface area contributed by atoms with Crippen molar-refractivity contribution in [3.05, 3.63) is 46.8 Å². The lowest BCUT2D eigenvalue weighted by atomic mass is 9.99. The first-order valence-corrected chi connectivity index (χ1v) is 6.30. The minimum absolute atomic E-state index is 0.175. The molecule has 1 aliphatic rings. The van der Waals surface area contributed by atoms with Gasteiger partial charge in [-0.1, -0.05) is 17.3 Å². The molecule has 0 fully saturated rings. The van der Waals surface area contributed by atoms with Crippen LogP contribution < -0.4 is 10.6 Å². The Morgan fingerprint density at radius 2 is 2.37 bits per heavy atom. The standard InChI is InChI=1S/C14H15N3O2/c1-9-12(8-16-19-9)14(18)17-13-4-2-3-10-7-15-6-5-11(10)13/h2-4,8,15H,5-7H2,1H3,(H,17,18). The van der Waals surface area contributed by atoms with Crippen LogP contribution in [0.4, 0.5) is 5.69 Å². The van der Waals surface area contributed by atoms with Crippen molar-refractivity contribution in [1.29, 1.82) is 0 Å². The van der Waals surface area contributed by atoms with Gasteiger partial charge in [-0.25, -0.2) is 0 Å². The van der Waals surface area contributed by atoms with Crippen LogP contribution in [-0.4, -0.2) is 17.6 Å². The Bertz CT molecular complexity index is 619. The van der Waals surface area contributed by atoms with E-state index >= 15 is 0 Å². The summed E-state index contributed by atoms with van der Waals surface area (Å²) >= 11 is 0. The summed E-state index contributed by atoms with van der Waals surface area (Å²) in [4.78, 5) is 12.2. The first kappa shape index (κ1) is 11.9. The van der Waals surface area contributed by atoms with Crippen LogP contribution in [0.3, 0.4) is 0 Å². The minimum Gasteiger partial charge on any atom is -0.361 e. The van der Waals surface area contributed by atoms with Crippen molar-refractivity contribution in [1.82, 2.24) is 10.5 Å². The number of rotatable bonds is 2. The summed E-state index contributed by atoms with van der Waals surface area (Å²) in [7, 11) is 0. The Labute approximate surface area is 111 Å². The molecule has 0 spiro atoms. The van der Waals surface area contributed by atoms with E-state index in [1.54, 1.807) is 6.92 Å². The molecular weight excluding hydrogens is 242 g/mol. The predicted molar refractivity (Wildman–Crippen MR) is 71.0 cm³/mol. The molecule has 0 atom stereocenters. The van der Waals surface area contributed by atoms with E-state index in [0.29, 0.717) is 11.3 Å². The summed E-state index contributed by atoms with van der Waals surface area (Å²) in [5, 5.41) is 9.89. The van der Waals surface area contributed by atoms with Crippen molar-refractivity contribution in [2.24, 2.45) is 0 Å². The van der Waals surface area contributed by atoms with Crippen molar-refractivity contribution in [3.8, 4) is 0 Å². The second-order valence-electron chi connectivity index (χ2n) is 4.62. The zero-order valence-electron chi connectivity index (χ0n) is 10.7. The highest BCUT2D eigenvalue weighted by molar-refractivity contribution is 6.05. The maximum Gasteiger partial charge on any atom is 0.260 e. The van der Waals surface area contributed by atoms with E-state index in [4.69, 9.17) is 4.52 Å². The second-order valence-corrected chi connectivity index (χ2v) is 4.62. The monoisotopic (exact) mass is 257 g/mol. The number of amides is 1. The van der Waals surface area contributed by atoms with Gasteiger partial charge in [-0.15, -0.1) is 0 Å². The highest BCUT2D eigenvalue weighted by Gasteiger charge is 2.17. The quantitative estimate of drug-likeness (QED) is 0.862. The average molecular weight is 257 g/mol. The van der Waals surface area contributed by atoms with Crippen molar-refractivity contribution in [2.75, 3.05) is 11.9 Å². The van der Waals surface area contributed by atoms with Gasteiger partial charge in [-0.2, -0.15) is 0 Å². The van der Waals surface area contributed by atoms with Crippen LogP contribution in [-0.2, 0) is 13.0 Å². The van der Waals surface area contributed by atoms with Gasteiger partial charge in [0, 0.05) is 12.2 Å². The topological polar surface area (TPSA) is 67.2 Å². The molecule has 5 nitrogen and oxygen atoms in total. The normalized spacial score (nSPS) is 13.9. The van der Waals surface area contributed by atoms with E-state index in [1.807, 2.05) is 12.1 Å². The number of nitrogens with zero attached hydrogens (tertiary/aromatic N) is 1. The molecule has 2 N–H and O–H groups in total. The summed E-state index contributed by atoms with van der Waals surface area (Å²) < 4.78 is 4.92. The van der Waals surface area contributed by atoms with Gasteiger partial charge in [0.2, 0.25) is 0 Å². The van der Waals surface area contributed by atoms with Crippen LogP contribution >= 0.6 is 0 Å². The number of aryl methyl sites for hydroxylation is 1. The van der Waals surface area contributed by atoms with Crippen LogP contribution in [0.15, 0.2) is 28.9 Å². The molecule has 0 saturated carbocycles. The van der Waals surface area contributed by atoms with Gasteiger partial charge in [0.1, 0.15) is 11.3 Å². The molecule has 5 heteroatoms. The van der Waals surface area contributed by atoms with Crippen LogP contribution in [0.25, 0.3) is 0 Å². The first-order valence-electron chi connectivity index (χ1n) is 6.30. The number of hydrogen-bond acceptors (Lipinski definition) is 4. The van der Waals surface area contributed by atoms with E-state index in [0.717, 1.165) is 25.2 Å². The molecule has 0 bridgehead atoms. The van der Waals surface area contributed by atoms with Gasteiger partial charge in [0.05, 0.1) is 6.20 Å². The van der Waals surface area contributed by atoms with E-state index in [9.17, 15) is 4.79 Å². The Balaban J connectivity index is 1.88. The Kier molecular flexibility index (Phi) is 3.05. The molecule has 1 aromatic carbocycles. The molecule has 0 radical (unpaired) electrons. The van der Waals surface area contributed by atoms with Crippen molar-refractivity contribution < 1.29 is 9.32 Å². The molecule has 2 heterocycles. The predicted octanol–water partition coefficient (Wildman–Crippen LogP) is 1.88. The minimum atomic E-state index is -0.175. The van der Waals surface area contributed by atoms with Gasteiger partial charge in [-0.3, -0.25) is 4.79 Å². The smallest absolute Gasteiger partial charge is 0.260 e. The molecule has 0 unspecified atom stereocenters. The fourth-order valence-corrected chi connectivity index (χ4v) is 2.36. The lowest BCUT2D eigenvalue weighted by Crippen LogP contribution is -2.25. The number of benzene rings is 1. The molecule has 19 heavy (non-hydrogen) atoms. The number of aromatic nitrogens is 1. The van der Waals surface area contributed by atoms with Crippen molar-refractivity contribution in [3.63, 3.8) is 0 Å². The van der Waals surface area contributed by atoms with Crippen LogP contribution in [0.1, 0.15) is 27.2 Å². The van der Waals surface area contributed by atoms with Gasteiger partial charge in [0.15, 0.2) is 0 Å². The van der Waals surface area contributed by atoms with Gasteiger partial charge < -0.3 is 15.2 Å². The third-order valence-corrected chi connectivity index (χ3v) is 3.38. The number of carbonyl (C=O) groups excluding carboxylic acids is 1. The number of anilines is 1. The van der Waals surface area contributed by atoms with E-state index in [2.05, 4.69) is 21.9 Å². The number of hydrogen-bond donors (Lipinski definition) is 2. The van der Waals surface area contributed by atoms with Gasteiger partial charge in [-0.05, 0) is 37.1 Å². The molecule has 2 aromatic rings. The Hall–Kier alpha value is -2.14. The van der Waals surface area contributed by atoms with E-state index < -0.39 is 0 Å². The summed E-state index contributed by atoms with van der Waals surface area (Å²) in [6, 6.07) is 5.98. The lowest BCUT2D eigenvalue weighted by Gasteiger charge is -2.20. The van der Waals surface area contributed by atoms with Gasteiger partial charge in [0.25, 0.3) is 5.91 Å². The van der Waals surface area contributed by atoms with Crippen molar-refractivity contribution in [2.45, 2.75) is 19.9 Å². The molecular formula is C14H15N3O2. The van der Waals surface area contributed by atoms with E-state index in [-0.39, 0.29) is 5.91 Å². The van der Waals surface area contributed by atoms with Crippen LogP contribution in [0.5, 0.6) is 0 Å². The third kappa shape index (κ3) is 2.24. The number of nitrogens with one attached hydrogen (secondary N) is 2. The fraction of sp³-hybridized carbons (Fsp3) is 0.286. The Morgan fingerprint density at radius 3 is 3.16 bits per heavy atom. The lowest BCUT2D eigenvalue weighted by molar-refractivity contribution is 0.102. The SMILES string of the molecule is Cc1oncc1C(=O)Nc1cccc2c1CCNC2. The van der Waals surface area contributed by atoms with Gasteiger partial charge >= 0.3 is 0 Å². The van der Waals surface area contributed by atoms with Crippen LogP contribution in [0.2, 0.25) is 0 Å². The average Bonchev–Trinajstić information content (AvgIpc) is 2.85. The highest BCUT2D eigenvalue weighted by Crippen LogP contribution is 2.23. The highest BCUT2D eigenvalue weighted by atomic mass is 16.5. The molecule has 3 rings (SSSR count). The maximum absolute atomic E-state index is 12.2. The first-order chi connectivity index (χ1) is 9.25. The van der Waals surface area contributed by atoms with Crippen molar-refractivity contribution >= 4 is 11.6 Å². The summed E-state index contributed by atoms with van der Waals surface area (Å²) in [6.07, 6.45) is 2.37. The zero-order valence-corrected chi connectivity index (χ0v) is 10.7. The molecule has 1 amide bonds. The van der Waals surface area contributed by atoms with E-state index in [1.165, 1.54) is 17.3 Å². The summed E-state index contributed by atoms with van der Waals surface area (Å²) in [5.41, 5.74) is 3.81. The maximum atomic E-state index is 12.2. The fourth-order valence-electron chi connectivity index (χ4n) is 2.36. The Morgan fingerprint density at radius 1 is 1.47 bits per heavy atom. The zero-order chi connectivity index (χ0) is 13.2. The molecule has 1 aromatic heterocycles.